The predicted octanol–water partition coefficient (Wildman–Crippen LogP) is 1.96. The molecular weight excluding hydrogens is 228 g/mol. The number of aromatic nitrogens is 1. The summed E-state index contributed by atoms with van der Waals surface area (Å²) >= 11 is 0. The highest BCUT2D eigenvalue weighted by Gasteiger charge is 2.25. The summed E-state index contributed by atoms with van der Waals surface area (Å²) in [7, 11) is 0. The molecule has 4 nitrogen and oxygen atoms in total. The minimum atomic E-state index is -0.123. The molecule has 0 unspecified atom stereocenters. The van der Waals surface area contributed by atoms with Gasteiger partial charge in [-0.1, -0.05) is 6.07 Å². The van der Waals surface area contributed by atoms with E-state index in [1.165, 1.54) is 0 Å². The molecule has 0 radical (unpaired) electrons. The van der Waals surface area contributed by atoms with Gasteiger partial charge >= 0.3 is 0 Å². The van der Waals surface area contributed by atoms with Crippen molar-refractivity contribution in [1.29, 1.82) is 0 Å². The smallest absolute Gasteiger partial charge is 0.270 e. The molecule has 2 rings (SSSR count). The second-order valence-electron chi connectivity index (χ2n) is 4.85. The molecule has 1 aromatic heterocycles. The van der Waals surface area contributed by atoms with Crippen molar-refractivity contribution in [2.75, 3.05) is 0 Å². The number of hydrogen-bond acceptors (Lipinski definition) is 3. The lowest BCUT2D eigenvalue weighted by molar-refractivity contribution is -0.121. The van der Waals surface area contributed by atoms with Crippen LogP contribution in [-0.4, -0.2) is 22.7 Å². The molecule has 0 atom stereocenters. The van der Waals surface area contributed by atoms with E-state index in [1.807, 2.05) is 0 Å². The molecule has 4 heteroatoms. The van der Waals surface area contributed by atoms with Crippen LogP contribution in [-0.2, 0) is 4.79 Å². The average molecular weight is 246 g/mol. The molecule has 1 heterocycles. The first-order valence-electron chi connectivity index (χ1n) is 6.39. The van der Waals surface area contributed by atoms with Gasteiger partial charge in [-0.15, -0.1) is 0 Å². The number of carbonyl (C=O) groups is 2. The van der Waals surface area contributed by atoms with Crippen molar-refractivity contribution in [2.24, 2.45) is 5.92 Å². The van der Waals surface area contributed by atoms with Crippen molar-refractivity contribution in [3.63, 3.8) is 0 Å². The highest BCUT2D eigenvalue weighted by molar-refractivity contribution is 5.92. The Hall–Kier alpha value is -1.71. The van der Waals surface area contributed by atoms with E-state index in [0.717, 1.165) is 25.7 Å². The Morgan fingerprint density at radius 2 is 1.94 bits per heavy atom. The number of ketones is 1. The van der Waals surface area contributed by atoms with Gasteiger partial charge in [0.2, 0.25) is 0 Å². The summed E-state index contributed by atoms with van der Waals surface area (Å²) in [5, 5.41) is 2.98. The largest absolute Gasteiger partial charge is 0.348 e. The number of amides is 1. The zero-order valence-electron chi connectivity index (χ0n) is 10.6. The van der Waals surface area contributed by atoms with Crippen molar-refractivity contribution >= 4 is 11.7 Å². The van der Waals surface area contributed by atoms with Gasteiger partial charge in [-0.3, -0.25) is 14.6 Å². The summed E-state index contributed by atoms with van der Waals surface area (Å²) in [6.45, 7) is 1.65. The molecule has 1 aliphatic rings. The second kappa shape index (κ2) is 5.76. The average Bonchev–Trinajstić information content (AvgIpc) is 2.40. The Morgan fingerprint density at radius 1 is 1.22 bits per heavy atom. The van der Waals surface area contributed by atoms with E-state index >= 15 is 0 Å². The summed E-state index contributed by atoms with van der Waals surface area (Å²) in [5.74, 6) is 0.333. The maximum atomic E-state index is 11.9. The molecule has 0 aliphatic heterocycles. The summed E-state index contributed by atoms with van der Waals surface area (Å²) < 4.78 is 0. The summed E-state index contributed by atoms with van der Waals surface area (Å²) in [5.41, 5.74) is 0.450. The highest BCUT2D eigenvalue weighted by Crippen LogP contribution is 2.24. The lowest BCUT2D eigenvalue weighted by atomic mass is 9.84. The van der Waals surface area contributed by atoms with E-state index in [9.17, 15) is 9.59 Å². The molecule has 0 aromatic carbocycles. The molecule has 1 fully saturated rings. The van der Waals surface area contributed by atoms with Gasteiger partial charge in [0.1, 0.15) is 11.5 Å². The lowest BCUT2D eigenvalue weighted by Gasteiger charge is -2.27. The molecule has 0 spiro atoms. The molecule has 0 bridgehead atoms. The molecule has 96 valence electrons. The first-order chi connectivity index (χ1) is 8.66. The van der Waals surface area contributed by atoms with Gasteiger partial charge in [0.05, 0.1) is 0 Å². The summed E-state index contributed by atoms with van der Waals surface area (Å²) in [4.78, 5) is 27.2. The topological polar surface area (TPSA) is 59.1 Å². The minimum Gasteiger partial charge on any atom is -0.348 e. The number of Topliss-reactive ketones (excluding diaryl/α,β-unsaturated/α-hetero) is 1. The van der Waals surface area contributed by atoms with Crippen LogP contribution in [0.15, 0.2) is 24.4 Å². The van der Waals surface area contributed by atoms with Gasteiger partial charge in [0, 0.05) is 18.2 Å². The van der Waals surface area contributed by atoms with Crippen LogP contribution in [0.2, 0.25) is 0 Å². The van der Waals surface area contributed by atoms with E-state index in [-0.39, 0.29) is 23.7 Å². The summed E-state index contributed by atoms with van der Waals surface area (Å²) in [6.07, 6.45) is 5.12. The third-order valence-corrected chi connectivity index (χ3v) is 3.53. The van der Waals surface area contributed by atoms with Crippen LogP contribution in [0.3, 0.4) is 0 Å². The number of nitrogens with zero attached hydrogens (tertiary/aromatic N) is 1. The zero-order valence-corrected chi connectivity index (χ0v) is 10.6. The highest BCUT2D eigenvalue weighted by atomic mass is 16.2. The Balaban J connectivity index is 1.85. The monoisotopic (exact) mass is 246 g/mol. The normalized spacial score (nSPS) is 23.4. The predicted molar refractivity (Wildman–Crippen MR) is 68.1 cm³/mol. The molecular formula is C14H18N2O2. The fraction of sp³-hybridized carbons (Fsp3) is 0.500. The fourth-order valence-electron chi connectivity index (χ4n) is 2.40. The number of nitrogens with one attached hydrogen (secondary N) is 1. The zero-order chi connectivity index (χ0) is 13.0. The van der Waals surface area contributed by atoms with Gasteiger partial charge in [-0.2, -0.15) is 0 Å². The van der Waals surface area contributed by atoms with Crippen LogP contribution in [0.1, 0.15) is 43.1 Å². The van der Waals surface area contributed by atoms with Crippen LogP contribution in [0.5, 0.6) is 0 Å². The van der Waals surface area contributed by atoms with E-state index in [4.69, 9.17) is 0 Å². The Morgan fingerprint density at radius 3 is 2.50 bits per heavy atom. The SMILES string of the molecule is CC(=O)[C@H]1CC[C@H](NC(=O)c2ccccn2)CC1. The van der Waals surface area contributed by atoms with Crippen molar-refractivity contribution < 1.29 is 9.59 Å². The first-order valence-corrected chi connectivity index (χ1v) is 6.39. The molecule has 1 amide bonds. The minimum absolute atomic E-state index is 0.123. The van der Waals surface area contributed by atoms with Crippen LogP contribution in [0.25, 0.3) is 0 Å². The van der Waals surface area contributed by atoms with Gasteiger partial charge in [-0.05, 0) is 44.7 Å². The van der Waals surface area contributed by atoms with E-state index in [2.05, 4.69) is 10.3 Å². The van der Waals surface area contributed by atoms with E-state index in [0.29, 0.717) is 5.69 Å². The third-order valence-electron chi connectivity index (χ3n) is 3.53. The molecule has 18 heavy (non-hydrogen) atoms. The van der Waals surface area contributed by atoms with Crippen LogP contribution < -0.4 is 5.32 Å². The number of carbonyl (C=O) groups excluding carboxylic acids is 2. The van der Waals surface area contributed by atoms with E-state index < -0.39 is 0 Å². The Labute approximate surface area is 107 Å². The van der Waals surface area contributed by atoms with Crippen LogP contribution in [0.4, 0.5) is 0 Å². The van der Waals surface area contributed by atoms with Gasteiger partial charge in [-0.25, -0.2) is 0 Å². The molecule has 1 aliphatic carbocycles. The van der Waals surface area contributed by atoms with Gasteiger partial charge < -0.3 is 5.32 Å². The standard InChI is InChI=1S/C14H18N2O2/c1-10(17)11-5-7-12(8-6-11)16-14(18)13-4-2-3-9-15-13/h2-4,9,11-12H,5-8H2,1H3,(H,16,18)/t11-,12-. The molecule has 0 saturated heterocycles. The van der Waals surface area contributed by atoms with Crippen molar-refractivity contribution in [3.05, 3.63) is 30.1 Å². The van der Waals surface area contributed by atoms with Gasteiger partial charge in [0.25, 0.3) is 5.91 Å². The first kappa shape index (κ1) is 12.7. The van der Waals surface area contributed by atoms with Crippen molar-refractivity contribution in [3.8, 4) is 0 Å². The molecule has 1 aromatic rings. The maximum absolute atomic E-state index is 11.9. The van der Waals surface area contributed by atoms with Crippen LogP contribution >= 0.6 is 0 Å². The van der Waals surface area contributed by atoms with Gasteiger partial charge in [0.15, 0.2) is 0 Å². The van der Waals surface area contributed by atoms with Crippen molar-refractivity contribution in [1.82, 2.24) is 10.3 Å². The second-order valence-corrected chi connectivity index (χ2v) is 4.85. The number of rotatable bonds is 3. The molecule has 1 N–H and O–H groups in total. The Bertz CT molecular complexity index is 423. The lowest BCUT2D eigenvalue weighted by Crippen LogP contribution is -2.38. The maximum Gasteiger partial charge on any atom is 0.270 e. The third kappa shape index (κ3) is 3.15. The Kier molecular flexibility index (Phi) is 4.07. The van der Waals surface area contributed by atoms with Crippen molar-refractivity contribution in [2.45, 2.75) is 38.6 Å². The fourth-order valence-corrected chi connectivity index (χ4v) is 2.40. The van der Waals surface area contributed by atoms with E-state index in [1.54, 1.807) is 31.3 Å². The molecule has 1 saturated carbocycles. The van der Waals surface area contributed by atoms with Crippen LogP contribution in [0, 0.1) is 5.92 Å². The number of pyridine rings is 1. The number of hydrogen-bond donors (Lipinski definition) is 1. The summed E-state index contributed by atoms with van der Waals surface area (Å²) in [6, 6.07) is 5.47. The quantitative estimate of drug-likeness (QED) is 0.887.